The average molecular weight is 283 g/mol. The van der Waals surface area contributed by atoms with Gasteiger partial charge in [0.25, 0.3) is 0 Å². The van der Waals surface area contributed by atoms with E-state index >= 15 is 0 Å². The Morgan fingerprint density at radius 2 is 1.57 bits per heavy atom. The van der Waals surface area contributed by atoms with Crippen LogP contribution in [0.4, 0.5) is 0 Å². The lowest BCUT2D eigenvalue weighted by molar-refractivity contribution is 0.311. The highest BCUT2D eigenvalue weighted by Gasteiger charge is 1.98. The molecule has 21 heavy (non-hydrogen) atoms. The van der Waals surface area contributed by atoms with Crippen LogP contribution in [0.2, 0.25) is 0 Å². The molecule has 112 valence electrons. The van der Waals surface area contributed by atoms with Crippen LogP contribution in [0.15, 0.2) is 54.6 Å². The topological polar surface area (TPSA) is 21.3 Å². The van der Waals surface area contributed by atoms with Crippen molar-refractivity contribution < 1.29 is 4.74 Å². The van der Waals surface area contributed by atoms with E-state index in [1.165, 1.54) is 11.1 Å². The molecule has 2 nitrogen and oxygen atoms in total. The summed E-state index contributed by atoms with van der Waals surface area (Å²) in [5.41, 5.74) is 2.65. The molecule has 0 radical (unpaired) electrons. The third-order valence-corrected chi connectivity index (χ3v) is 3.27. The minimum absolute atomic E-state index is 0.683. The zero-order valence-electron chi connectivity index (χ0n) is 13.0. The van der Waals surface area contributed by atoms with Crippen molar-refractivity contribution in [3.05, 3.63) is 65.7 Å². The van der Waals surface area contributed by atoms with Gasteiger partial charge in [-0.05, 0) is 42.1 Å². The summed E-state index contributed by atoms with van der Waals surface area (Å²) in [6.45, 7) is 7.06. The molecule has 0 bridgehead atoms. The molecule has 0 heterocycles. The van der Waals surface area contributed by atoms with Crippen molar-refractivity contribution in [2.24, 2.45) is 5.92 Å². The second-order valence-corrected chi connectivity index (χ2v) is 5.75. The summed E-state index contributed by atoms with van der Waals surface area (Å²) in [5, 5.41) is 3.37. The summed E-state index contributed by atoms with van der Waals surface area (Å²) in [6.07, 6.45) is 0.969. The van der Waals surface area contributed by atoms with Crippen LogP contribution in [0.1, 0.15) is 25.0 Å². The average Bonchev–Trinajstić information content (AvgIpc) is 2.49. The SMILES string of the molecule is CC(C)CNCCOc1ccc(Cc2ccccc2)cc1. The molecule has 2 rings (SSSR count). The maximum absolute atomic E-state index is 5.73. The van der Waals surface area contributed by atoms with Crippen molar-refractivity contribution in [3.63, 3.8) is 0 Å². The molecule has 0 aliphatic heterocycles. The molecule has 0 aliphatic carbocycles. The molecule has 0 unspecified atom stereocenters. The van der Waals surface area contributed by atoms with Crippen LogP contribution < -0.4 is 10.1 Å². The van der Waals surface area contributed by atoms with Crippen molar-refractivity contribution in [3.8, 4) is 5.75 Å². The summed E-state index contributed by atoms with van der Waals surface area (Å²) >= 11 is 0. The highest BCUT2D eigenvalue weighted by Crippen LogP contribution is 2.15. The maximum atomic E-state index is 5.73. The van der Waals surface area contributed by atoms with Gasteiger partial charge in [-0.15, -0.1) is 0 Å². The molecule has 0 aromatic heterocycles. The Labute approximate surface area is 128 Å². The van der Waals surface area contributed by atoms with Gasteiger partial charge in [0.2, 0.25) is 0 Å². The van der Waals surface area contributed by atoms with E-state index in [-0.39, 0.29) is 0 Å². The monoisotopic (exact) mass is 283 g/mol. The van der Waals surface area contributed by atoms with Gasteiger partial charge in [0.05, 0.1) is 0 Å². The summed E-state index contributed by atoms with van der Waals surface area (Å²) in [5.74, 6) is 1.63. The fourth-order valence-corrected chi connectivity index (χ4v) is 2.17. The normalized spacial score (nSPS) is 10.8. The zero-order valence-corrected chi connectivity index (χ0v) is 13.0. The molecule has 2 heteroatoms. The highest BCUT2D eigenvalue weighted by atomic mass is 16.5. The Hall–Kier alpha value is -1.80. The molecule has 0 spiro atoms. The lowest BCUT2D eigenvalue weighted by atomic mass is 10.1. The maximum Gasteiger partial charge on any atom is 0.119 e. The number of rotatable bonds is 8. The molecular formula is C19H25NO. The standard InChI is InChI=1S/C19H25NO/c1-16(2)15-20-12-13-21-19-10-8-18(9-11-19)14-17-6-4-3-5-7-17/h3-11,16,20H,12-15H2,1-2H3. The van der Waals surface area contributed by atoms with Gasteiger partial charge < -0.3 is 10.1 Å². The largest absolute Gasteiger partial charge is 0.492 e. The summed E-state index contributed by atoms with van der Waals surface area (Å²) < 4.78 is 5.73. The van der Waals surface area contributed by atoms with Crippen LogP contribution in [-0.4, -0.2) is 19.7 Å². The van der Waals surface area contributed by atoms with E-state index in [2.05, 4.69) is 67.7 Å². The molecule has 0 aliphatic rings. The van der Waals surface area contributed by atoms with Crippen molar-refractivity contribution in [1.82, 2.24) is 5.32 Å². The van der Waals surface area contributed by atoms with Crippen LogP contribution in [0.3, 0.4) is 0 Å². The summed E-state index contributed by atoms with van der Waals surface area (Å²) in [6, 6.07) is 18.9. The van der Waals surface area contributed by atoms with Gasteiger partial charge in [0.15, 0.2) is 0 Å². The van der Waals surface area contributed by atoms with Crippen LogP contribution in [-0.2, 0) is 6.42 Å². The van der Waals surface area contributed by atoms with E-state index in [1.807, 2.05) is 6.07 Å². The third kappa shape index (κ3) is 6.01. The zero-order chi connectivity index (χ0) is 14.9. The van der Waals surface area contributed by atoms with E-state index in [1.54, 1.807) is 0 Å². The number of ether oxygens (including phenoxy) is 1. The van der Waals surface area contributed by atoms with Crippen LogP contribution >= 0.6 is 0 Å². The number of hydrogen-bond acceptors (Lipinski definition) is 2. The summed E-state index contributed by atoms with van der Waals surface area (Å²) in [7, 11) is 0. The molecule has 0 saturated carbocycles. The van der Waals surface area contributed by atoms with Gasteiger partial charge in [-0.3, -0.25) is 0 Å². The quantitative estimate of drug-likeness (QED) is 0.742. The minimum atomic E-state index is 0.683. The van der Waals surface area contributed by atoms with Gasteiger partial charge in [-0.1, -0.05) is 56.3 Å². The van der Waals surface area contributed by atoms with Gasteiger partial charge in [0.1, 0.15) is 12.4 Å². The van der Waals surface area contributed by atoms with Gasteiger partial charge in [-0.25, -0.2) is 0 Å². The van der Waals surface area contributed by atoms with Gasteiger partial charge in [0, 0.05) is 6.54 Å². The van der Waals surface area contributed by atoms with Crippen molar-refractivity contribution >= 4 is 0 Å². The number of nitrogens with one attached hydrogen (secondary N) is 1. The Bertz CT molecular complexity index is 505. The Morgan fingerprint density at radius 1 is 0.905 bits per heavy atom. The predicted octanol–water partition coefficient (Wildman–Crippen LogP) is 3.90. The lowest BCUT2D eigenvalue weighted by Gasteiger charge is -2.09. The van der Waals surface area contributed by atoms with Gasteiger partial charge >= 0.3 is 0 Å². The van der Waals surface area contributed by atoms with E-state index < -0.39 is 0 Å². The first-order valence-corrected chi connectivity index (χ1v) is 7.70. The smallest absolute Gasteiger partial charge is 0.119 e. The predicted molar refractivity (Wildman–Crippen MR) is 88.9 cm³/mol. The second kappa shape index (κ2) is 8.48. The van der Waals surface area contributed by atoms with Crippen molar-refractivity contribution in [1.29, 1.82) is 0 Å². The molecule has 2 aromatic rings. The van der Waals surface area contributed by atoms with Crippen LogP contribution in [0.25, 0.3) is 0 Å². The van der Waals surface area contributed by atoms with E-state index in [0.717, 1.165) is 25.3 Å². The first-order valence-electron chi connectivity index (χ1n) is 7.70. The molecule has 0 fully saturated rings. The van der Waals surface area contributed by atoms with E-state index in [9.17, 15) is 0 Å². The lowest BCUT2D eigenvalue weighted by Crippen LogP contribution is -2.24. The van der Waals surface area contributed by atoms with Gasteiger partial charge in [-0.2, -0.15) is 0 Å². The Kier molecular flexibility index (Phi) is 6.29. The summed E-state index contributed by atoms with van der Waals surface area (Å²) in [4.78, 5) is 0. The van der Waals surface area contributed by atoms with Crippen LogP contribution in [0, 0.1) is 5.92 Å². The molecule has 0 saturated heterocycles. The fraction of sp³-hybridized carbons (Fsp3) is 0.368. The number of benzene rings is 2. The molecule has 0 amide bonds. The minimum Gasteiger partial charge on any atom is -0.492 e. The van der Waals surface area contributed by atoms with Crippen LogP contribution in [0.5, 0.6) is 5.75 Å². The second-order valence-electron chi connectivity index (χ2n) is 5.75. The van der Waals surface area contributed by atoms with Crippen molar-refractivity contribution in [2.75, 3.05) is 19.7 Å². The molecule has 1 N–H and O–H groups in total. The molecule has 0 atom stereocenters. The molecule has 2 aromatic carbocycles. The highest BCUT2D eigenvalue weighted by molar-refractivity contribution is 5.31. The Balaban J connectivity index is 1.74. The number of hydrogen-bond donors (Lipinski definition) is 1. The first kappa shape index (κ1) is 15.6. The van der Waals surface area contributed by atoms with Crippen molar-refractivity contribution in [2.45, 2.75) is 20.3 Å². The van der Waals surface area contributed by atoms with E-state index in [4.69, 9.17) is 4.74 Å². The third-order valence-electron chi connectivity index (χ3n) is 3.27. The van der Waals surface area contributed by atoms with E-state index in [0.29, 0.717) is 12.5 Å². The first-order chi connectivity index (χ1) is 10.2. The Morgan fingerprint density at radius 3 is 2.24 bits per heavy atom. The molecular weight excluding hydrogens is 258 g/mol. The fourth-order valence-electron chi connectivity index (χ4n) is 2.17.